The van der Waals surface area contributed by atoms with Crippen molar-refractivity contribution in [3.8, 4) is 6.07 Å². The second-order valence-electron chi connectivity index (χ2n) is 2.50. The minimum atomic E-state index is -2.70. The average molecular weight is 218 g/mol. The van der Waals surface area contributed by atoms with Crippen LogP contribution in [0.4, 0.5) is 14.6 Å². The molecule has 0 radical (unpaired) electrons. The first kappa shape index (κ1) is 10.7. The molecule has 2 N–H and O–H groups in total. The highest BCUT2D eigenvalue weighted by Gasteiger charge is 2.16. The second kappa shape index (κ2) is 4.20. The van der Waals surface area contributed by atoms with Gasteiger partial charge in [-0.1, -0.05) is 0 Å². The van der Waals surface area contributed by atoms with E-state index in [0.29, 0.717) is 0 Å². The number of rotatable bonds is 2. The van der Waals surface area contributed by atoms with Crippen molar-refractivity contribution >= 4 is 17.4 Å². The van der Waals surface area contributed by atoms with E-state index in [4.69, 9.17) is 22.6 Å². The highest BCUT2D eigenvalue weighted by molar-refractivity contribution is 6.17. The maximum absolute atomic E-state index is 12.4. The zero-order chi connectivity index (χ0) is 10.7. The number of aromatic nitrogens is 1. The van der Waals surface area contributed by atoms with Crippen molar-refractivity contribution in [2.45, 2.75) is 12.3 Å². The lowest BCUT2D eigenvalue weighted by Crippen LogP contribution is -2.03. The van der Waals surface area contributed by atoms with E-state index in [2.05, 4.69) is 4.98 Å². The van der Waals surface area contributed by atoms with Gasteiger partial charge >= 0.3 is 0 Å². The van der Waals surface area contributed by atoms with E-state index >= 15 is 0 Å². The summed E-state index contributed by atoms with van der Waals surface area (Å²) >= 11 is 5.41. The zero-order valence-corrected chi connectivity index (χ0v) is 7.72. The van der Waals surface area contributed by atoms with Gasteiger partial charge in [0, 0.05) is 5.56 Å². The first-order valence-corrected chi connectivity index (χ1v) is 4.17. The quantitative estimate of drug-likeness (QED) is 0.773. The van der Waals surface area contributed by atoms with Crippen LogP contribution in [-0.4, -0.2) is 4.98 Å². The molecule has 1 rings (SSSR count). The van der Waals surface area contributed by atoms with Gasteiger partial charge in [-0.15, -0.1) is 11.6 Å². The average Bonchev–Trinajstić information content (AvgIpc) is 2.16. The summed E-state index contributed by atoms with van der Waals surface area (Å²) in [4.78, 5) is 3.63. The molecule has 3 nitrogen and oxygen atoms in total. The van der Waals surface area contributed by atoms with Crippen molar-refractivity contribution in [2.24, 2.45) is 0 Å². The van der Waals surface area contributed by atoms with Gasteiger partial charge in [0.05, 0.1) is 17.1 Å². The van der Waals surface area contributed by atoms with Crippen molar-refractivity contribution in [2.75, 3.05) is 5.73 Å². The molecule has 0 fully saturated rings. The summed E-state index contributed by atoms with van der Waals surface area (Å²) in [5.74, 6) is -0.234. The smallest absolute Gasteiger partial charge is 0.265 e. The third-order valence-corrected chi connectivity index (χ3v) is 1.90. The molecule has 14 heavy (non-hydrogen) atoms. The van der Waals surface area contributed by atoms with Crippen molar-refractivity contribution in [1.82, 2.24) is 4.98 Å². The van der Waals surface area contributed by atoms with Crippen molar-refractivity contribution in [3.63, 3.8) is 0 Å². The molecule has 1 aromatic heterocycles. The first-order valence-electron chi connectivity index (χ1n) is 3.63. The lowest BCUT2D eigenvalue weighted by atomic mass is 10.1. The van der Waals surface area contributed by atoms with Crippen LogP contribution >= 0.6 is 11.6 Å². The lowest BCUT2D eigenvalue weighted by molar-refractivity contribution is 0.150. The molecule has 6 heteroatoms. The molecule has 0 aromatic carbocycles. The molecule has 0 spiro atoms. The van der Waals surface area contributed by atoms with Crippen LogP contribution in [0, 0.1) is 11.3 Å². The van der Waals surface area contributed by atoms with Crippen LogP contribution in [0.25, 0.3) is 0 Å². The number of halogens is 3. The topological polar surface area (TPSA) is 62.7 Å². The standard InChI is InChI=1S/C8H6ClF2N3/c9-2-6-5(7(10)11)1-4(3-12)8(13)14-6/h1,7H,2H2,(H2,13,14). The lowest BCUT2D eigenvalue weighted by Gasteiger charge is -2.07. The Balaban J connectivity index is 3.34. The van der Waals surface area contributed by atoms with E-state index in [1.165, 1.54) is 0 Å². The molecule has 0 atom stereocenters. The molecule has 0 aliphatic heterocycles. The normalized spacial score (nSPS) is 10.2. The minimum absolute atomic E-state index is 0.0122. The van der Waals surface area contributed by atoms with E-state index in [9.17, 15) is 8.78 Å². The van der Waals surface area contributed by atoms with Crippen molar-refractivity contribution in [1.29, 1.82) is 5.26 Å². The fourth-order valence-corrected chi connectivity index (χ4v) is 1.18. The van der Waals surface area contributed by atoms with E-state index in [0.717, 1.165) is 6.07 Å². The number of pyridine rings is 1. The number of nitriles is 1. The summed E-state index contributed by atoms with van der Waals surface area (Å²) < 4.78 is 24.8. The third kappa shape index (κ3) is 1.91. The van der Waals surface area contributed by atoms with Gasteiger partial charge in [-0.05, 0) is 6.07 Å². The van der Waals surface area contributed by atoms with E-state index in [1.807, 2.05) is 0 Å². The monoisotopic (exact) mass is 217 g/mol. The highest BCUT2D eigenvalue weighted by atomic mass is 35.5. The van der Waals surface area contributed by atoms with Gasteiger partial charge in [-0.3, -0.25) is 0 Å². The van der Waals surface area contributed by atoms with Gasteiger partial charge in [0.15, 0.2) is 0 Å². The number of nitrogens with two attached hydrogens (primary N) is 1. The summed E-state index contributed by atoms with van der Waals surface area (Å²) in [6.07, 6.45) is -2.70. The number of anilines is 1. The van der Waals surface area contributed by atoms with Gasteiger partial charge in [0.1, 0.15) is 11.9 Å². The van der Waals surface area contributed by atoms with E-state index < -0.39 is 6.43 Å². The second-order valence-corrected chi connectivity index (χ2v) is 2.77. The molecule has 0 bridgehead atoms. The Bertz CT molecular complexity index is 387. The fourth-order valence-electron chi connectivity index (χ4n) is 0.968. The number of alkyl halides is 3. The summed E-state index contributed by atoms with van der Waals surface area (Å²) in [5, 5.41) is 8.54. The van der Waals surface area contributed by atoms with Crippen LogP contribution in [0.1, 0.15) is 23.2 Å². The first-order chi connectivity index (χ1) is 6.60. The zero-order valence-electron chi connectivity index (χ0n) is 6.97. The van der Waals surface area contributed by atoms with Gasteiger partial charge in [0.2, 0.25) is 0 Å². The molecule has 0 saturated carbocycles. The van der Waals surface area contributed by atoms with Crippen LogP contribution in [0.15, 0.2) is 6.07 Å². The van der Waals surface area contributed by atoms with Gasteiger partial charge in [-0.2, -0.15) is 5.26 Å². The maximum Gasteiger partial charge on any atom is 0.265 e. The van der Waals surface area contributed by atoms with Crippen LogP contribution in [0.3, 0.4) is 0 Å². The molecule has 1 heterocycles. The minimum Gasteiger partial charge on any atom is -0.383 e. The van der Waals surface area contributed by atoms with Gasteiger partial charge < -0.3 is 5.73 Å². The molecule has 0 amide bonds. The molecule has 0 unspecified atom stereocenters. The molecule has 74 valence electrons. The Labute approximate surface area is 84.1 Å². The Kier molecular flexibility index (Phi) is 3.20. The van der Waals surface area contributed by atoms with Crippen molar-refractivity contribution in [3.05, 3.63) is 22.9 Å². The molecule has 0 saturated heterocycles. The van der Waals surface area contributed by atoms with Crippen LogP contribution < -0.4 is 5.73 Å². The van der Waals surface area contributed by atoms with Crippen LogP contribution in [0.5, 0.6) is 0 Å². The largest absolute Gasteiger partial charge is 0.383 e. The highest BCUT2D eigenvalue weighted by Crippen LogP contribution is 2.25. The Morgan fingerprint density at radius 3 is 2.71 bits per heavy atom. The molecule has 1 aromatic rings. The SMILES string of the molecule is N#Cc1cc(C(F)F)c(CCl)nc1N. The summed E-state index contributed by atoms with van der Waals surface area (Å²) in [6, 6.07) is 2.70. The molecule has 0 aliphatic rings. The third-order valence-electron chi connectivity index (χ3n) is 1.65. The predicted octanol–water partition coefficient (Wildman–Crippen LogP) is 2.21. The Morgan fingerprint density at radius 2 is 2.29 bits per heavy atom. The van der Waals surface area contributed by atoms with Crippen molar-refractivity contribution < 1.29 is 8.78 Å². The molecule has 0 aliphatic carbocycles. The van der Waals surface area contributed by atoms with Crippen LogP contribution in [-0.2, 0) is 5.88 Å². The molecular formula is C8H6ClF2N3. The summed E-state index contributed by atoms with van der Waals surface area (Å²) in [6.45, 7) is 0. The van der Waals surface area contributed by atoms with Crippen LogP contribution in [0.2, 0.25) is 0 Å². The Morgan fingerprint density at radius 1 is 1.64 bits per heavy atom. The van der Waals surface area contributed by atoms with E-state index in [-0.39, 0.29) is 28.5 Å². The predicted molar refractivity (Wildman–Crippen MR) is 47.9 cm³/mol. The van der Waals surface area contributed by atoms with Gasteiger partial charge in [-0.25, -0.2) is 13.8 Å². The number of hydrogen-bond donors (Lipinski definition) is 1. The molecular weight excluding hydrogens is 212 g/mol. The maximum atomic E-state index is 12.4. The number of hydrogen-bond acceptors (Lipinski definition) is 3. The Hall–Kier alpha value is -1.41. The number of nitrogens with zero attached hydrogens (tertiary/aromatic N) is 2. The number of nitrogen functional groups attached to an aromatic ring is 1. The summed E-state index contributed by atoms with van der Waals surface area (Å²) in [7, 11) is 0. The van der Waals surface area contributed by atoms with Gasteiger partial charge in [0.25, 0.3) is 6.43 Å². The summed E-state index contributed by atoms with van der Waals surface area (Å²) in [5.41, 5.74) is 4.95. The fraction of sp³-hybridized carbons (Fsp3) is 0.250. The van der Waals surface area contributed by atoms with E-state index in [1.54, 1.807) is 6.07 Å².